The van der Waals surface area contributed by atoms with Crippen LogP contribution in [0.25, 0.3) is 0 Å². The number of fused-ring (bicyclic) bond motifs is 1. The highest BCUT2D eigenvalue weighted by molar-refractivity contribution is 7.89. The molecule has 5 rings (SSSR count). The molecule has 1 aliphatic carbocycles. The standard InChI is InChI=1S/C26H32N4O3S/c1-29-18-26(27-19-29)34(31,32)28-12-15-33-22-10-8-21-9-11-25(30-13-5-14-30)24(23(21)17-22)16-20-6-3-2-4-7-20/h2-4,6-8,10,17-19,24-25,28H,5,9,11-16H2,1H3. The summed E-state index contributed by atoms with van der Waals surface area (Å²) in [5.41, 5.74) is 4.14. The highest BCUT2D eigenvalue weighted by Crippen LogP contribution is 2.40. The molecule has 180 valence electrons. The third kappa shape index (κ3) is 5.04. The van der Waals surface area contributed by atoms with Gasteiger partial charge in [-0.1, -0.05) is 36.4 Å². The van der Waals surface area contributed by atoms with Crippen molar-refractivity contribution in [3.05, 3.63) is 77.7 Å². The van der Waals surface area contributed by atoms with E-state index in [9.17, 15) is 8.42 Å². The highest BCUT2D eigenvalue weighted by atomic mass is 32.2. The number of hydrogen-bond donors (Lipinski definition) is 1. The molecule has 1 fully saturated rings. The summed E-state index contributed by atoms with van der Waals surface area (Å²) < 4.78 is 34.9. The summed E-state index contributed by atoms with van der Waals surface area (Å²) >= 11 is 0. The van der Waals surface area contributed by atoms with Gasteiger partial charge in [-0.3, -0.25) is 4.90 Å². The minimum Gasteiger partial charge on any atom is -0.492 e. The Kier molecular flexibility index (Phi) is 6.72. The number of aryl methyl sites for hydroxylation is 2. The van der Waals surface area contributed by atoms with Crippen LogP contribution >= 0.6 is 0 Å². The summed E-state index contributed by atoms with van der Waals surface area (Å²) in [6, 6.07) is 17.7. The second kappa shape index (κ2) is 9.90. The summed E-state index contributed by atoms with van der Waals surface area (Å²) in [5.74, 6) is 1.22. The van der Waals surface area contributed by atoms with Crippen molar-refractivity contribution in [2.45, 2.75) is 42.7 Å². The number of sulfonamides is 1. The largest absolute Gasteiger partial charge is 0.492 e. The Balaban J connectivity index is 1.28. The summed E-state index contributed by atoms with van der Waals surface area (Å²) in [7, 11) is -1.89. The van der Waals surface area contributed by atoms with Crippen molar-refractivity contribution < 1.29 is 13.2 Å². The van der Waals surface area contributed by atoms with E-state index in [-0.39, 0.29) is 18.2 Å². The van der Waals surface area contributed by atoms with Gasteiger partial charge in [0.25, 0.3) is 10.0 Å². The molecule has 1 saturated heterocycles. The second-order valence-electron chi connectivity index (χ2n) is 9.28. The molecule has 34 heavy (non-hydrogen) atoms. The molecule has 7 nitrogen and oxygen atoms in total. The summed E-state index contributed by atoms with van der Waals surface area (Å²) in [6.45, 7) is 2.82. The Hall–Kier alpha value is -2.68. The maximum atomic E-state index is 12.4. The maximum absolute atomic E-state index is 12.4. The van der Waals surface area contributed by atoms with Crippen molar-refractivity contribution in [2.24, 2.45) is 7.05 Å². The number of likely N-dealkylation sites (tertiary alicyclic amines) is 1. The number of hydrogen-bond acceptors (Lipinski definition) is 5. The van der Waals surface area contributed by atoms with Crippen LogP contribution in [0.1, 0.15) is 35.4 Å². The van der Waals surface area contributed by atoms with E-state index < -0.39 is 10.0 Å². The van der Waals surface area contributed by atoms with Crippen LogP contribution in [0, 0.1) is 0 Å². The monoisotopic (exact) mass is 480 g/mol. The Morgan fingerprint density at radius 3 is 2.68 bits per heavy atom. The van der Waals surface area contributed by atoms with Crippen LogP contribution in [-0.4, -0.2) is 55.2 Å². The number of ether oxygens (including phenoxy) is 1. The van der Waals surface area contributed by atoms with Crippen molar-refractivity contribution in [3.8, 4) is 5.75 Å². The first-order chi connectivity index (χ1) is 16.5. The first-order valence-electron chi connectivity index (χ1n) is 12.0. The van der Waals surface area contributed by atoms with Crippen LogP contribution < -0.4 is 9.46 Å². The molecule has 3 aromatic rings. The number of rotatable bonds is 9. The Morgan fingerprint density at radius 2 is 1.97 bits per heavy atom. The van der Waals surface area contributed by atoms with E-state index in [1.54, 1.807) is 11.6 Å². The number of nitrogens with zero attached hydrogens (tertiary/aromatic N) is 3. The Morgan fingerprint density at radius 1 is 1.15 bits per heavy atom. The van der Waals surface area contributed by atoms with Crippen molar-refractivity contribution in [3.63, 3.8) is 0 Å². The quantitative estimate of drug-likeness (QED) is 0.476. The van der Waals surface area contributed by atoms with Gasteiger partial charge in [0.15, 0.2) is 5.03 Å². The van der Waals surface area contributed by atoms with Gasteiger partial charge in [0.1, 0.15) is 12.4 Å². The highest BCUT2D eigenvalue weighted by Gasteiger charge is 2.36. The molecule has 1 aromatic heterocycles. The Labute approximate surface area is 201 Å². The van der Waals surface area contributed by atoms with Crippen LogP contribution in [0.2, 0.25) is 0 Å². The lowest BCUT2D eigenvalue weighted by molar-refractivity contribution is 0.0876. The summed E-state index contributed by atoms with van der Waals surface area (Å²) in [4.78, 5) is 6.55. The SMILES string of the molecule is Cn1cnc(S(=O)(=O)NCCOc2ccc3c(c2)C(Cc2ccccc2)C(N2CCC2)CC3)c1. The zero-order valence-corrected chi connectivity index (χ0v) is 20.4. The van der Waals surface area contributed by atoms with Gasteiger partial charge in [-0.25, -0.2) is 18.1 Å². The summed E-state index contributed by atoms with van der Waals surface area (Å²) in [6.07, 6.45) is 7.54. The van der Waals surface area contributed by atoms with E-state index in [0.29, 0.717) is 12.0 Å². The van der Waals surface area contributed by atoms with E-state index >= 15 is 0 Å². The molecule has 2 atom stereocenters. The number of aromatic nitrogens is 2. The van der Waals surface area contributed by atoms with Crippen LogP contribution in [0.5, 0.6) is 5.75 Å². The van der Waals surface area contributed by atoms with Crippen molar-refractivity contribution in [1.82, 2.24) is 19.2 Å². The lowest BCUT2D eigenvalue weighted by atomic mass is 9.75. The first-order valence-corrected chi connectivity index (χ1v) is 13.5. The smallest absolute Gasteiger partial charge is 0.259 e. The molecular formula is C26H32N4O3S. The van der Waals surface area contributed by atoms with E-state index in [1.165, 1.54) is 55.1 Å². The maximum Gasteiger partial charge on any atom is 0.259 e. The molecule has 8 heteroatoms. The minimum atomic E-state index is -3.63. The van der Waals surface area contributed by atoms with Crippen molar-refractivity contribution in [2.75, 3.05) is 26.2 Å². The molecule has 2 aromatic carbocycles. The van der Waals surface area contributed by atoms with Crippen LogP contribution in [0.3, 0.4) is 0 Å². The number of benzene rings is 2. The molecule has 0 bridgehead atoms. The van der Waals surface area contributed by atoms with Crippen molar-refractivity contribution in [1.29, 1.82) is 0 Å². The number of nitrogens with one attached hydrogen (secondary N) is 1. The average Bonchev–Trinajstić information content (AvgIpc) is 3.25. The van der Waals surface area contributed by atoms with Gasteiger partial charge >= 0.3 is 0 Å². The Bertz CT molecular complexity index is 1220. The molecule has 0 saturated carbocycles. The van der Waals surface area contributed by atoms with Gasteiger partial charge in [0.2, 0.25) is 0 Å². The lowest BCUT2D eigenvalue weighted by Gasteiger charge is -2.45. The van der Waals surface area contributed by atoms with E-state index in [4.69, 9.17) is 4.74 Å². The molecule has 1 aliphatic heterocycles. The minimum absolute atomic E-state index is 0.0181. The zero-order valence-electron chi connectivity index (χ0n) is 19.6. The van der Waals surface area contributed by atoms with Crippen molar-refractivity contribution >= 4 is 10.0 Å². The van der Waals surface area contributed by atoms with Crippen LogP contribution in [0.15, 0.2) is 66.1 Å². The molecule has 0 radical (unpaired) electrons. The van der Waals surface area contributed by atoms with E-state index in [2.05, 4.69) is 57.1 Å². The fourth-order valence-electron chi connectivity index (χ4n) is 5.12. The topological polar surface area (TPSA) is 76.5 Å². The van der Waals surface area contributed by atoms with E-state index in [1.807, 2.05) is 6.07 Å². The van der Waals surface area contributed by atoms with Gasteiger partial charge in [0.05, 0.1) is 6.33 Å². The van der Waals surface area contributed by atoms with E-state index in [0.717, 1.165) is 18.6 Å². The molecule has 0 spiro atoms. The fraction of sp³-hybridized carbons (Fsp3) is 0.423. The van der Waals surface area contributed by atoms with Crippen LogP contribution in [0.4, 0.5) is 0 Å². The van der Waals surface area contributed by atoms with Gasteiger partial charge in [-0.05, 0) is 67.6 Å². The van der Waals surface area contributed by atoms with Gasteiger partial charge in [-0.15, -0.1) is 0 Å². The van der Waals surface area contributed by atoms with Gasteiger partial charge < -0.3 is 9.30 Å². The molecule has 1 N–H and O–H groups in total. The predicted octanol–water partition coefficient (Wildman–Crippen LogP) is 3.12. The van der Waals surface area contributed by atoms with Gasteiger partial charge in [-0.2, -0.15) is 0 Å². The lowest BCUT2D eigenvalue weighted by Crippen LogP contribution is -2.49. The number of imidazole rings is 1. The molecule has 0 amide bonds. The van der Waals surface area contributed by atoms with Crippen LogP contribution in [-0.2, 0) is 29.9 Å². The third-order valence-corrected chi connectivity index (χ3v) is 8.31. The normalized spacial score (nSPS) is 20.5. The first kappa shape index (κ1) is 23.1. The summed E-state index contributed by atoms with van der Waals surface area (Å²) in [5, 5.41) is 0.0181. The zero-order chi connectivity index (χ0) is 23.5. The fourth-order valence-corrected chi connectivity index (χ4v) is 6.11. The molecular weight excluding hydrogens is 448 g/mol. The second-order valence-corrected chi connectivity index (χ2v) is 11.0. The molecule has 2 unspecified atom stereocenters. The predicted molar refractivity (Wildman–Crippen MR) is 132 cm³/mol. The third-order valence-electron chi connectivity index (χ3n) is 6.97. The van der Waals surface area contributed by atoms with Gasteiger partial charge in [0, 0.05) is 31.7 Å². The molecule has 2 heterocycles. The molecule has 2 aliphatic rings. The average molecular weight is 481 g/mol.